The van der Waals surface area contributed by atoms with Gasteiger partial charge in [-0.05, 0) is 18.6 Å². The van der Waals surface area contributed by atoms with Gasteiger partial charge in [-0.15, -0.1) is 23.5 Å². The molecule has 1 aromatic carbocycles. The van der Waals surface area contributed by atoms with Crippen LogP contribution in [0.3, 0.4) is 0 Å². The molecule has 16 heavy (non-hydrogen) atoms. The molecular weight excluding hydrogens is 238 g/mol. The maximum atomic E-state index is 5.85. The van der Waals surface area contributed by atoms with Crippen LogP contribution in [-0.2, 0) is 0 Å². The molecule has 0 radical (unpaired) electrons. The highest BCUT2D eigenvalue weighted by molar-refractivity contribution is 8.01. The predicted octanol–water partition coefficient (Wildman–Crippen LogP) is 3.10. The van der Waals surface area contributed by atoms with Gasteiger partial charge in [0, 0.05) is 20.9 Å². The van der Waals surface area contributed by atoms with Gasteiger partial charge in [-0.2, -0.15) is 5.10 Å². The number of benzene rings is 1. The zero-order valence-electron chi connectivity index (χ0n) is 9.15. The summed E-state index contributed by atoms with van der Waals surface area (Å²) in [5, 5.41) is 6.73. The first-order valence-corrected chi connectivity index (χ1v) is 7.23. The van der Waals surface area contributed by atoms with E-state index in [1.165, 1.54) is 9.79 Å². The van der Waals surface area contributed by atoms with Crippen LogP contribution >= 0.6 is 23.5 Å². The lowest BCUT2D eigenvalue weighted by atomic mass is 10.1. The average molecular weight is 251 g/mol. The third-order valence-corrected chi connectivity index (χ3v) is 4.12. The van der Waals surface area contributed by atoms with Crippen LogP contribution in [0.15, 0.2) is 34.2 Å². The summed E-state index contributed by atoms with van der Waals surface area (Å²) in [6.07, 6.45) is 5.93. The Hall–Kier alpha value is -1.07. The molecule has 0 amide bonds. The van der Waals surface area contributed by atoms with Gasteiger partial charge in [0.1, 0.15) is 5.82 Å². The summed E-state index contributed by atoms with van der Waals surface area (Å²) in [6, 6.07) is 6.25. The first kappa shape index (κ1) is 11.4. The van der Waals surface area contributed by atoms with Crippen molar-refractivity contribution in [3.05, 3.63) is 24.4 Å². The third kappa shape index (κ3) is 1.92. The predicted molar refractivity (Wildman–Crippen MR) is 72.0 cm³/mol. The highest BCUT2D eigenvalue weighted by atomic mass is 32.2. The van der Waals surface area contributed by atoms with E-state index in [1.807, 2.05) is 6.07 Å². The van der Waals surface area contributed by atoms with Crippen molar-refractivity contribution in [3.8, 4) is 11.1 Å². The van der Waals surface area contributed by atoms with Crippen molar-refractivity contribution in [3.63, 3.8) is 0 Å². The van der Waals surface area contributed by atoms with Crippen LogP contribution < -0.4 is 5.73 Å². The van der Waals surface area contributed by atoms with Crippen LogP contribution in [0.5, 0.6) is 0 Å². The molecule has 84 valence electrons. The molecule has 1 aromatic heterocycles. The number of hydrogen-bond donors (Lipinski definition) is 2. The molecular formula is C11H13N3S2. The smallest absolute Gasteiger partial charge is 0.126 e. The van der Waals surface area contributed by atoms with Crippen LogP contribution in [-0.4, -0.2) is 22.7 Å². The monoisotopic (exact) mass is 251 g/mol. The molecule has 0 fully saturated rings. The summed E-state index contributed by atoms with van der Waals surface area (Å²) in [6.45, 7) is 0. The van der Waals surface area contributed by atoms with Crippen molar-refractivity contribution >= 4 is 29.3 Å². The molecule has 0 aliphatic carbocycles. The number of hydrogen-bond acceptors (Lipinski definition) is 4. The topological polar surface area (TPSA) is 54.7 Å². The second-order valence-corrected chi connectivity index (χ2v) is 4.90. The third-order valence-electron chi connectivity index (χ3n) is 2.36. The lowest BCUT2D eigenvalue weighted by molar-refractivity contribution is 1.10. The zero-order chi connectivity index (χ0) is 11.5. The van der Waals surface area contributed by atoms with Gasteiger partial charge in [0.2, 0.25) is 0 Å². The number of anilines is 1. The first-order chi connectivity index (χ1) is 7.77. The van der Waals surface area contributed by atoms with Crippen molar-refractivity contribution in [1.29, 1.82) is 0 Å². The number of nitrogens with one attached hydrogen (secondary N) is 1. The number of nitrogens with zero attached hydrogens (tertiary/aromatic N) is 1. The second-order valence-electron chi connectivity index (χ2n) is 3.24. The van der Waals surface area contributed by atoms with Gasteiger partial charge >= 0.3 is 0 Å². The Morgan fingerprint density at radius 3 is 2.56 bits per heavy atom. The highest BCUT2D eigenvalue weighted by Crippen LogP contribution is 2.38. The lowest BCUT2D eigenvalue weighted by Crippen LogP contribution is -1.90. The Labute approximate surface area is 103 Å². The second kappa shape index (κ2) is 4.84. The zero-order valence-corrected chi connectivity index (χ0v) is 10.8. The number of H-pyrrole nitrogens is 1. The average Bonchev–Trinajstić information content (AvgIpc) is 2.74. The molecule has 2 rings (SSSR count). The largest absolute Gasteiger partial charge is 0.384 e. The van der Waals surface area contributed by atoms with E-state index in [0.717, 1.165) is 11.1 Å². The van der Waals surface area contributed by atoms with Crippen LogP contribution in [0.2, 0.25) is 0 Å². The highest BCUT2D eigenvalue weighted by Gasteiger charge is 2.12. The first-order valence-electron chi connectivity index (χ1n) is 4.78. The van der Waals surface area contributed by atoms with Gasteiger partial charge < -0.3 is 5.73 Å². The minimum Gasteiger partial charge on any atom is -0.384 e. The fourth-order valence-electron chi connectivity index (χ4n) is 1.61. The van der Waals surface area contributed by atoms with Gasteiger partial charge in [-0.1, -0.05) is 12.1 Å². The normalized spacial score (nSPS) is 10.6. The van der Waals surface area contributed by atoms with Gasteiger partial charge in [-0.3, -0.25) is 5.10 Å². The molecule has 3 nitrogen and oxygen atoms in total. The van der Waals surface area contributed by atoms with Gasteiger partial charge in [0.15, 0.2) is 0 Å². The molecule has 5 heteroatoms. The van der Waals surface area contributed by atoms with E-state index in [2.05, 4.69) is 34.8 Å². The fraction of sp³-hybridized carbons (Fsp3) is 0.182. The number of aromatic amines is 1. The fourth-order valence-corrected chi connectivity index (χ4v) is 3.29. The summed E-state index contributed by atoms with van der Waals surface area (Å²) >= 11 is 3.48. The Bertz CT molecular complexity index is 494. The molecule has 0 aliphatic rings. The summed E-state index contributed by atoms with van der Waals surface area (Å²) in [7, 11) is 0. The van der Waals surface area contributed by atoms with E-state index >= 15 is 0 Å². The standard InChI is InChI=1S/C11H13N3S2/c1-15-9-5-3-4-7(10(9)16-2)8-6-13-14-11(8)12/h3-6H,1-2H3,(H3,12,13,14). The summed E-state index contributed by atoms with van der Waals surface area (Å²) in [4.78, 5) is 2.52. The van der Waals surface area contributed by atoms with Crippen molar-refractivity contribution in [2.45, 2.75) is 9.79 Å². The number of thioether (sulfide) groups is 2. The number of rotatable bonds is 3. The molecule has 0 saturated heterocycles. The minimum atomic E-state index is 0.619. The maximum absolute atomic E-state index is 5.85. The van der Waals surface area contributed by atoms with E-state index in [-0.39, 0.29) is 0 Å². The number of aromatic nitrogens is 2. The number of nitrogen functional groups attached to an aromatic ring is 1. The van der Waals surface area contributed by atoms with Gasteiger partial charge in [0.05, 0.1) is 6.20 Å². The molecule has 0 bridgehead atoms. The molecule has 0 aliphatic heterocycles. The molecule has 0 unspecified atom stereocenters. The Kier molecular flexibility index (Phi) is 3.46. The minimum absolute atomic E-state index is 0.619. The quantitative estimate of drug-likeness (QED) is 0.823. The van der Waals surface area contributed by atoms with Crippen LogP contribution in [0.25, 0.3) is 11.1 Å². The molecule has 0 spiro atoms. The summed E-state index contributed by atoms with van der Waals surface area (Å²) < 4.78 is 0. The van der Waals surface area contributed by atoms with E-state index in [9.17, 15) is 0 Å². The van der Waals surface area contributed by atoms with Crippen LogP contribution in [0.4, 0.5) is 5.82 Å². The van der Waals surface area contributed by atoms with E-state index in [1.54, 1.807) is 29.7 Å². The van der Waals surface area contributed by atoms with Crippen LogP contribution in [0, 0.1) is 0 Å². The molecule has 3 N–H and O–H groups in total. The van der Waals surface area contributed by atoms with E-state index in [4.69, 9.17) is 5.73 Å². The lowest BCUT2D eigenvalue weighted by Gasteiger charge is -2.10. The molecule has 0 atom stereocenters. The Morgan fingerprint density at radius 2 is 2.00 bits per heavy atom. The maximum Gasteiger partial charge on any atom is 0.126 e. The van der Waals surface area contributed by atoms with Gasteiger partial charge in [0.25, 0.3) is 0 Å². The van der Waals surface area contributed by atoms with E-state index in [0.29, 0.717) is 5.82 Å². The van der Waals surface area contributed by atoms with Crippen molar-refractivity contribution < 1.29 is 0 Å². The van der Waals surface area contributed by atoms with Crippen molar-refractivity contribution in [1.82, 2.24) is 10.2 Å². The van der Waals surface area contributed by atoms with Crippen LogP contribution in [0.1, 0.15) is 0 Å². The molecule has 1 heterocycles. The van der Waals surface area contributed by atoms with Gasteiger partial charge in [-0.25, -0.2) is 0 Å². The Balaban J connectivity index is 2.61. The Morgan fingerprint density at radius 1 is 1.19 bits per heavy atom. The molecule has 2 aromatic rings. The van der Waals surface area contributed by atoms with Crippen molar-refractivity contribution in [2.24, 2.45) is 0 Å². The number of nitrogens with two attached hydrogens (primary N) is 1. The summed E-state index contributed by atoms with van der Waals surface area (Å²) in [5.41, 5.74) is 7.97. The SMILES string of the molecule is CSc1cccc(-c2cn[nH]c2N)c1SC. The van der Waals surface area contributed by atoms with Crippen molar-refractivity contribution in [2.75, 3.05) is 18.2 Å². The summed E-state index contributed by atoms with van der Waals surface area (Å²) in [5.74, 6) is 0.619. The van der Waals surface area contributed by atoms with E-state index < -0.39 is 0 Å². The molecule has 0 saturated carbocycles.